The summed E-state index contributed by atoms with van der Waals surface area (Å²) in [6, 6.07) is 7.47. The van der Waals surface area contributed by atoms with Crippen LogP contribution < -0.4 is 5.73 Å². The van der Waals surface area contributed by atoms with Gasteiger partial charge in [-0.05, 0) is 47.5 Å². The third-order valence-corrected chi connectivity index (χ3v) is 4.49. The van der Waals surface area contributed by atoms with E-state index in [4.69, 9.17) is 5.73 Å². The predicted molar refractivity (Wildman–Crippen MR) is 75.8 cm³/mol. The topological polar surface area (TPSA) is 43.1 Å². The van der Waals surface area contributed by atoms with Crippen LogP contribution in [0, 0.1) is 13.8 Å². The summed E-state index contributed by atoms with van der Waals surface area (Å²) in [5.74, 6) is -0.00873. The third kappa shape index (κ3) is 2.28. The highest BCUT2D eigenvalue weighted by atomic mass is 79.9. The second-order valence-corrected chi connectivity index (χ2v) is 6.01. The van der Waals surface area contributed by atoms with E-state index in [0.29, 0.717) is 16.1 Å². The molecule has 0 aliphatic heterocycles. The lowest BCUT2D eigenvalue weighted by Crippen LogP contribution is -2.06. The van der Waals surface area contributed by atoms with Crippen LogP contribution in [0.4, 0.5) is 5.69 Å². The van der Waals surface area contributed by atoms with Crippen LogP contribution in [-0.2, 0) is 0 Å². The highest BCUT2D eigenvalue weighted by Crippen LogP contribution is 2.31. The Balaban J connectivity index is 2.55. The van der Waals surface area contributed by atoms with Crippen molar-refractivity contribution in [3.8, 4) is 0 Å². The van der Waals surface area contributed by atoms with Crippen LogP contribution in [0.3, 0.4) is 0 Å². The number of nitrogen functional groups attached to an aromatic ring is 1. The first-order valence-electron chi connectivity index (χ1n) is 5.16. The Morgan fingerprint density at radius 2 is 2.06 bits per heavy atom. The summed E-state index contributed by atoms with van der Waals surface area (Å²) in [6.45, 7) is 3.88. The number of halogens is 1. The number of anilines is 1. The fraction of sp³-hybridized carbons (Fsp3) is 0.154. The summed E-state index contributed by atoms with van der Waals surface area (Å²) in [4.78, 5) is 14.2. The highest BCUT2D eigenvalue weighted by molar-refractivity contribution is 9.10. The van der Waals surface area contributed by atoms with E-state index in [-0.39, 0.29) is 5.78 Å². The Bertz CT molecular complexity index is 569. The van der Waals surface area contributed by atoms with Crippen molar-refractivity contribution in [2.75, 3.05) is 5.73 Å². The van der Waals surface area contributed by atoms with E-state index in [0.717, 1.165) is 14.9 Å². The first-order chi connectivity index (χ1) is 8.00. The van der Waals surface area contributed by atoms with Crippen molar-refractivity contribution in [3.05, 3.63) is 49.6 Å². The van der Waals surface area contributed by atoms with Crippen LogP contribution in [-0.4, -0.2) is 5.78 Å². The van der Waals surface area contributed by atoms with Crippen molar-refractivity contribution in [2.45, 2.75) is 13.8 Å². The number of carbonyl (C=O) groups excluding carboxylic acids is 1. The molecule has 2 rings (SSSR count). The molecule has 0 radical (unpaired) electrons. The molecule has 88 valence electrons. The van der Waals surface area contributed by atoms with E-state index in [1.165, 1.54) is 11.3 Å². The number of aryl methyl sites for hydroxylation is 2. The van der Waals surface area contributed by atoms with Crippen molar-refractivity contribution in [2.24, 2.45) is 0 Å². The van der Waals surface area contributed by atoms with Gasteiger partial charge in [-0.15, -0.1) is 11.3 Å². The van der Waals surface area contributed by atoms with Gasteiger partial charge in [0.2, 0.25) is 5.78 Å². The fourth-order valence-electron chi connectivity index (χ4n) is 1.75. The average molecular weight is 310 g/mol. The van der Waals surface area contributed by atoms with Gasteiger partial charge in [0.25, 0.3) is 0 Å². The van der Waals surface area contributed by atoms with Crippen LogP contribution in [0.5, 0.6) is 0 Å². The maximum Gasteiger partial charge on any atom is 0.206 e. The lowest BCUT2D eigenvalue weighted by molar-refractivity contribution is 0.104. The number of benzene rings is 1. The molecule has 0 saturated heterocycles. The zero-order valence-corrected chi connectivity index (χ0v) is 12.0. The van der Waals surface area contributed by atoms with Gasteiger partial charge in [-0.2, -0.15) is 0 Å². The molecule has 0 amide bonds. The van der Waals surface area contributed by atoms with Gasteiger partial charge in [-0.1, -0.05) is 12.1 Å². The smallest absolute Gasteiger partial charge is 0.206 e. The standard InChI is InChI=1S/C13H12BrNOS/c1-7-4-3-5-10(15)11(7)12(16)13-9(14)6-8(2)17-13/h3-6H,15H2,1-2H3. The molecule has 4 heteroatoms. The SMILES string of the molecule is Cc1cc(Br)c(C(=O)c2c(C)cccc2N)s1. The molecule has 0 fully saturated rings. The Hall–Kier alpha value is -1.13. The monoisotopic (exact) mass is 309 g/mol. The zero-order valence-electron chi connectivity index (χ0n) is 9.58. The van der Waals surface area contributed by atoms with Crippen LogP contribution in [0.25, 0.3) is 0 Å². The molecule has 1 aromatic heterocycles. The summed E-state index contributed by atoms with van der Waals surface area (Å²) in [5, 5.41) is 0. The van der Waals surface area contributed by atoms with Crippen molar-refractivity contribution >= 4 is 38.7 Å². The molecule has 0 unspecified atom stereocenters. The number of rotatable bonds is 2. The van der Waals surface area contributed by atoms with Gasteiger partial charge < -0.3 is 5.73 Å². The van der Waals surface area contributed by atoms with Gasteiger partial charge >= 0.3 is 0 Å². The van der Waals surface area contributed by atoms with Crippen molar-refractivity contribution < 1.29 is 4.79 Å². The minimum atomic E-state index is -0.00873. The molecular weight excluding hydrogens is 298 g/mol. The van der Waals surface area contributed by atoms with Gasteiger partial charge in [0.05, 0.1) is 4.88 Å². The number of nitrogens with two attached hydrogens (primary N) is 1. The maximum atomic E-state index is 12.4. The van der Waals surface area contributed by atoms with Gasteiger partial charge in [-0.25, -0.2) is 0 Å². The highest BCUT2D eigenvalue weighted by Gasteiger charge is 2.19. The van der Waals surface area contributed by atoms with E-state index in [9.17, 15) is 4.79 Å². The van der Waals surface area contributed by atoms with Crippen LogP contribution >= 0.6 is 27.3 Å². The van der Waals surface area contributed by atoms with E-state index in [1.54, 1.807) is 6.07 Å². The lowest BCUT2D eigenvalue weighted by atomic mass is 10.0. The molecule has 0 atom stereocenters. The number of carbonyl (C=O) groups is 1. The third-order valence-electron chi connectivity index (χ3n) is 2.55. The minimum absolute atomic E-state index is 0.00873. The number of ketones is 1. The molecular formula is C13H12BrNOS. The first kappa shape index (κ1) is 12.3. The van der Waals surface area contributed by atoms with E-state index < -0.39 is 0 Å². The zero-order chi connectivity index (χ0) is 12.6. The molecule has 17 heavy (non-hydrogen) atoms. The number of thiophene rings is 1. The summed E-state index contributed by atoms with van der Waals surface area (Å²) in [5.41, 5.74) is 7.94. The molecule has 0 spiro atoms. The maximum absolute atomic E-state index is 12.4. The summed E-state index contributed by atoms with van der Waals surface area (Å²) < 4.78 is 0.840. The average Bonchev–Trinajstić information content (AvgIpc) is 2.57. The van der Waals surface area contributed by atoms with E-state index >= 15 is 0 Å². The van der Waals surface area contributed by atoms with Gasteiger partial charge in [0.1, 0.15) is 0 Å². The molecule has 0 aliphatic carbocycles. The van der Waals surface area contributed by atoms with Crippen molar-refractivity contribution in [3.63, 3.8) is 0 Å². The van der Waals surface area contributed by atoms with Crippen LogP contribution in [0.2, 0.25) is 0 Å². The van der Waals surface area contributed by atoms with Crippen molar-refractivity contribution in [1.82, 2.24) is 0 Å². The molecule has 2 N–H and O–H groups in total. The Morgan fingerprint density at radius 1 is 1.35 bits per heavy atom. The van der Waals surface area contributed by atoms with Gasteiger partial charge in [-0.3, -0.25) is 4.79 Å². The number of hydrogen-bond acceptors (Lipinski definition) is 3. The molecule has 1 aromatic carbocycles. The lowest BCUT2D eigenvalue weighted by Gasteiger charge is -2.07. The summed E-state index contributed by atoms with van der Waals surface area (Å²) in [6.07, 6.45) is 0. The van der Waals surface area contributed by atoms with Crippen LogP contribution in [0.15, 0.2) is 28.7 Å². The molecule has 0 bridgehead atoms. The minimum Gasteiger partial charge on any atom is -0.398 e. The fourth-order valence-corrected chi connectivity index (χ4v) is 3.52. The second-order valence-electron chi connectivity index (χ2n) is 3.90. The number of hydrogen-bond donors (Lipinski definition) is 1. The van der Waals surface area contributed by atoms with Crippen LogP contribution in [0.1, 0.15) is 25.7 Å². The predicted octanol–water partition coefficient (Wildman–Crippen LogP) is 3.94. The Morgan fingerprint density at radius 3 is 2.59 bits per heavy atom. The second kappa shape index (κ2) is 4.63. The van der Waals surface area contributed by atoms with Crippen molar-refractivity contribution in [1.29, 1.82) is 0 Å². The van der Waals surface area contributed by atoms with Gasteiger partial charge in [0, 0.05) is 20.6 Å². The van der Waals surface area contributed by atoms with E-state index in [1.807, 2.05) is 32.0 Å². The molecule has 1 heterocycles. The molecule has 2 nitrogen and oxygen atoms in total. The normalized spacial score (nSPS) is 10.5. The first-order valence-corrected chi connectivity index (χ1v) is 6.77. The molecule has 0 saturated carbocycles. The molecule has 0 aliphatic rings. The van der Waals surface area contributed by atoms with Gasteiger partial charge in [0.15, 0.2) is 0 Å². The van der Waals surface area contributed by atoms with E-state index in [2.05, 4.69) is 15.9 Å². The molecule has 2 aromatic rings. The Labute approximate surface area is 113 Å². The largest absolute Gasteiger partial charge is 0.398 e. The summed E-state index contributed by atoms with van der Waals surface area (Å²) in [7, 11) is 0. The quantitative estimate of drug-likeness (QED) is 0.674. The summed E-state index contributed by atoms with van der Waals surface area (Å²) >= 11 is 4.90. The Kier molecular flexibility index (Phi) is 3.35.